The second kappa shape index (κ2) is 5.97. The molecule has 0 radical (unpaired) electrons. The van der Waals surface area contributed by atoms with Crippen molar-refractivity contribution in [1.82, 2.24) is 0 Å². The Bertz CT molecular complexity index is 761. The molecule has 0 heterocycles. The number of rotatable bonds is 4. The minimum atomic E-state index is -4.29. The second-order valence-electron chi connectivity index (χ2n) is 4.13. The van der Waals surface area contributed by atoms with Gasteiger partial charge >= 0.3 is 0 Å². The van der Waals surface area contributed by atoms with E-state index in [0.717, 1.165) is 24.3 Å². The molecule has 0 atom stereocenters. The maximum atomic E-state index is 13.5. The van der Waals surface area contributed by atoms with Gasteiger partial charge in [0.15, 0.2) is 0 Å². The third-order valence-corrected chi connectivity index (χ3v) is 4.50. The van der Waals surface area contributed by atoms with Crippen LogP contribution in [-0.2, 0) is 16.6 Å². The first-order chi connectivity index (χ1) is 9.85. The molecule has 2 rings (SSSR count). The first-order valence-electron chi connectivity index (χ1n) is 5.71. The normalized spacial score (nSPS) is 11.4. The summed E-state index contributed by atoms with van der Waals surface area (Å²) >= 11 is 5.80. The average molecular weight is 334 g/mol. The summed E-state index contributed by atoms with van der Waals surface area (Å²) in [7, 11) is -4.29. The van der Waals surface area contributed by atoms with Crippen molar-refractivity contribution in [3.8, 4) is 0 Å². The monoisotopic (exact) mass is 333 g/mol. The van der Waals surface area contributed by atoms with Crippen molar-refractivity contribution in [3.63, 3.8) is 0 Å². The zero-order chi connectivity index (χ0) is 15.6. The van der Waals surface area contributed by atoms with Crippen LogP contribution >= 0.6 is 11.6 Å². The van der Waals surface area contributed by atoms with Crippen LogP contribution in [0, 0.1) is 11.6 Å². The lowest BCUT2D eigenvalue weighted by atomic mass is 10.2. The minimum Gasteiger partial charge on any atom is -0.392 e. The summed E-state index contributed by atoms with van der Waals surface area (Å²) in [6, 6.07) is 6.80. The maximum Gasteiger partial charge on any atom is 0.263 e. The maximum absolute atomic E-state index is 13.5. The predicted molar refractivity (Wildman–Crippen MR) is 74.5 cm³/mol. The molecule has 2 aromatic rings. The van der Waals surface area contributed by atoms with E-state index >= 15 is 0 Å². The first-order valence-corrected chi connectivity index (χ1v) is 7.57. The Morgan fingerprint density at radius 1 is 1.14 bits per heavy atom. The van der Waals surface area contributed by atoms with Gasteiger partial charge in [-0.25, -0.2) is 17.2 Å². The van der Waals surface area contributed by atoms with Crippen molar-refractivity contribution in [2.45, 2.75) is 11.5 Å². The van der Waals surface area contributed by atoms with Gasteiger partial charge in [-0.2, -0.15) is 0 Å². The van der Waals surface area contributed by atoms with Crippen LogP contribution in [0.2, 0.25) is 5.02 Å². The highest BCUT2D eigenvalue weighted by Gasteiger charge is 2.22. The SMILES string of the molecule is O=S(=O)(Nc1c(F)cccc1F)c1cc(CO)ccc1Cl. The lowest BCUT2D eigenvalue weighted by Gasteiger charge is -2.11. The van der Waals surface area contributed by atoms with Gasteiger partial charge in [0.1, 0.15) is 22.2 Å². The molecule has 0 unspecified atom stereocenters. The number of hydrogen-bond acceptors (Lipinski definition) is 3. The van der Waals surface area contributed by atoms with Crippen molar-refractivity contribution >= 4 is 27.3 Å². The van der Waals surface area contributed by atoms with Crippen molar-refractivity contribution in [2.24, 2.45) is 0 Å². The number of sulfonamides is 1. The minimum absolute atomic E-state index is 0.128. The summed E-state index contributed by atoms with van der Waals surface area (Å²) in [5.41, 5.74) is -0.489. The standard InChI is InChI=1S/C13H10ClF2NO3S/c14-9-5-4-8(7-18)6-12(9)21(19,20)17-13-10(15)2-1-3-11(13)16/h1-6,17-18H,7H2. The van der Waals surface area contributed by atoms with Gasteiger partial charge in [-0.15, -0.1) is 0 Å². The van der Waals surface area contributed by atoms with Gasteiger partial charge in [0, 0.05) is 0 Å². The van der Waals surface area contributed by atoms with Gasteiger partial charge in [0.05, 0.1) is 11.6 Å². The third-order valence-electron chi connectivity index (χ3n) is 2.67. The highest BCUT2D eigenvalue weighted by atomic mass is 35.5. The molecule has 0 saturated carbocycles. The van der Waals surface area contributed by atoms with E-state index in [-0.39, 0.29) is 9.92 Å². The van der Waals surface area contributed by atoms with Crippen LogP contribution in [0.5, 0.6) is 0 Å². The van der Waals surface area contributed by atoms with Crippen LogP contribution in [0.3, 0.4) is 0 Å². The molecule has 0 saturated heterocycles. The Labute approximate surface area is 125 Å². The molecule has 0 aliphatic heterocycles. The molecule has 0 aliphatic rings. The number of hydrogen-bond donors (Lipinski definition) is 2. The van der Waals surface area contributed by atoms with Gasteiger partial charge in [-0.3, -0.25) is 4.72 Å². The van der Waals surface area contributed by atoms with E-state index in [9.17, 15) is 17.2 Å². The summed E-state index contributed by atoms with van der Waals surface area (Å²) in [5.74, 6) is -2.10. The molecule has 0 aromatic heterocycles. The lowest BCUT2D eigenvalue weighted by Crippen LogP contribution is -2.16. The van der Waals surface area contributed by atoms with Crippen molar-refractivity contribution < 1.29 is 22.3 Å². The van der Waals surface area contributed by atoms with Crippen LogP contribution < -0.4 is 4.72 Å². The molecule has 0 bridgehead atoms. The molecule has 4 nitrogen and oxygen atoms in total. The molecule has 0 amide bonds. The number of aliphatic hydroxyl groups is 1. The zero-order valence-electron chi connectivity index (χ0n) is 10.5. The third kappa shape index (κ3) is 3.31. The molecule has 21 heavy (non-hydrogen) atoms. The summed E-state index contributed by atoms with van der Waals surface area (Å²) in [6.45, 7) is -0.395. The summed E-state index contributed by atoms with van der Waals surface area (Å²) in [4.78, 5) is -0.377. The van der Waals surface area contributed by atoms with Gasteiger partial charge in [-0.1, -0.05) is 23.7 Å². The Hall–Kier alpha value is -1.70. The predicted octanol–water partition coefficient (Wildman–Crippen LogP) is 2.91. The highest BCUT2D eigenvalue weighted by molar-refractivity contribution is 7.92. The molecule has 2 aromatic carbocycles. The average Bonchev–Trinajstić information content (AvgIpc) is 2.43. The number of nitrogens with one attached hydrogen (secondary N) is 1. The summed E-state index contributed by atoms with van der Waals surface area (Å²) in [6.07, 6.45) is 0. The fourth-order valence-electron chi connectivity index (χ4n) is 1.64. The molecular formula is C13H10ClF2NO3S. The Morgan fingerprint density at radius 3 is 2.33 bits per heavy atom. The van der Waals surface area contributed by atoms with E-state index in [0.29, 0.717) is 5.56 Å². The topological polar surface area (TPSA) is 66.4 Å². The fourth-order valence-corrected chi connectivity index (χ4v) is 3.26. The van der Waals surface area contributed by atoms with E-state index in [1.807, 2.05) is 4.72 Å². The Kier molecular flexibility index (Phi) is 4.46. The number of halogens is 3. The Morgan fingerprint density at radius 2 is 1.76 bits per heavy atom. The first kappa shape index (κ1) is 15.7. The van der Waals surface area contributed by atoms with Crippen molar-refractivity contribution in [1.29, 1.82) is 0 Å². The van der Waals surface area contributed by atoms with Crippen LogP contribution in [0.15, 0.2) is 41.3 Å². The molecular weight excluding hydrogens is 324 g/mol. The Balaban J connectivity index is 2.48. The van der Waals surface area contributed by atoms with E-state index in [1.165, 1.54) is 12.1 Å². The fraction of sp³-hybridized carbons (Fsp3) is 0.0769. The molecule has 112 valence electrons. The van der Waals surface area contributed by atoms with Gasteiger partial charge < -0.3 is 5.11 Å². The van der Waals surface area contributed by atoms with Gasteiger partial charge in [0.25, 0.3) is 10.0 Å². The number of benzene rings is 2. The number of aliphatic hydroxyl groups excluding tert-OH is 1. The smallest absolute Gasteiger partial charge is 0.263 e. The molecule has 2 N–H and O–H groups in total. The van der Waals surface area contributed by atoms with Crippen LogP contribution in [0.1, 0.15) is 5.56 Å². The summed E-state index contributed by atoms with van der Waals surface area (Å²) < 4.78 is 53.2. The zero-order valence-corrected chi connectivity index (χ0v) is 12.0. The van der Waals surface area contributed by atoms with Crippen molar-refractivity contribution in [2.75, 3.05) is 4.72 Å². The van der Waals surface area contributed by atoms with Gasteiger partial charge in [0.2, 0.25) is 0 Å². The highest BCUT2D eigenvalue weighted by Crippen LogP contribution is 2.27. The molecule has 0 spiro atoms. The molecule has 0 aliphatic carbocycles. The van der Waals surface area contributed by atoms with E-state index in [2.05, 4.69) is 0 Å². The molecule has 0 fully saturated rings. The number of anilines is 1. The van der Waals surface area contributed by atoms with E-state index in [1.54, 1.807) is 0 Å². The van der Waals surface area contributed by atoms with Crippen LogP contribution in [-0.4, -0.2) is 13.5 Å². The van der Waals surface area contributed by atoms with Crippen molar-refractivity contribution in [3.05, 3.63) is 58.6 Å². The quantitative estimate of drug-likeness (QED) is 0.904. The van der Waals surface area contributed by atoms with Crippen LogP contribution in [0.25, 0.3) is 0 Å². The second-order valence-corrected chi connectivity index (χ2v) is 6.18. The molecule has 8 heteroatoms. The summed E-state index contributed by atoms with van der Waals surface area (Å²) in [5, 5.41) is 8.89. The van der Waals surface area contributed by atoms with Crippen LogP contribution in [0.4, 0.5) is 14.5 Å². The van der Waals surface area contributed by atoms with E-state index < -0.39 is 34.0 Å². The van der Waals surface area contributed by atoms with Gasteiger partial charge in [-0.05, 0) is 29.8 Å². The lowest BCUT2D eigenvalue weighted by molar-refractivity contribution is 0.281. The number of para-hydroxylation sites is 1. The largest absolute Gasteiger partial charge is 0.392 e. The van der Waals surface area contributed by atoms with E-state index in [4.69, 9.17) is 16.7 Å².